The SMILES string of the molecule is CC1=Cc2c(ccc3ccccc23)O[C@@]12C=Cc1c(ccc3ccccc13)O2. The van der Waals surface area contributed by atoms with Crippen LogP contribution in [0.1, 0.15) is 18.1 Å². The first-order valence-electron chi connectivity index (χ1n) is 9.53. The smallest absolute Gasteiger partial charge is 0.294 e. The highest BCUT2D eigenvalue weighted by atomic mass is 16.7. The number of rotatable bonds is 0. The Hall–Kier alpha value is -3.52. The van der Waals surface area contributed by atoms with Crippen molar-refractivity contribution >= 4 is 33.7 Å². The molecular weight excluding hydrogens is 344 g/mol. The number of hydrogen-bond donors (Lipinski definition) is 0. The zero-order valence-electron chi connectivity index (χ0n) is 15.5. The Morgan fingerprint density at radius 1 is 0.643 bits per heavy atom. The van der Waals surface area contributed by atoms with E-state index < -0.39 is 5.79 Å². The highest BCUT2D eigenvalue weighted by molar-refractivity contribution is 5.96. The molecule has 134 valence electrons. The lowest BCUT2D eigenvalue weighted by atomic mass is 9.93. The zero-order chi connectivity index (χ0) is 18.7. The minimum absolute atomic E-state index is 0.846. The second-order valence-corrected chi connectivity index (χ2v) is 7.43. The van der Waals surface area contributed by atoms with Crippen LogP contribution >= 0.6 is 0 Å². The summed E-state index contributed by atoms with van der Waals surface area (Å²) < 4.78 is 12.9. The molecule has 2 nitrogen and oxygen atoms in total. The summed E-state index contributed by atoms with van der Waals surface area (Å²) in [5, 5.41) is 4.80. The summed E-state index contributed by atoms with van der Waals surface area (Å²) in [5.74, 6) is 0.793. The Morgan fingerprint density at radius 3 is 1.89 bits per heavy atom. The van der Waals surface area contributed by atoms with Gasteiger partial charge in [0.15, 0.2) is 0 Å². The van der Waals surface area contributed by atoms with Crippen LogP contribution in [-0.2, 0) is 0 Å². The second kappa shape index (κ2) is 5.49. The van der Waals surface area contributed by atoms with Gasteiger partial charge in [0, 0.05) is 22.8 Å². The normalized spacial score (nSPS) is 19.7. The topological polar surface area (TPSA) is 18.5 Å². The molecule has 0 bridgehead atoms. The maximum atomic E-state index is 6.47. The molecule has 0 N–H and O–H groups in total. The van der Waals surface area contributed by atoms with E-state index in [-0.39, 0.29) is 0 Å². The van der Waals surface area contributed by atoms with Gasteiger partial charge in [0.05, 0.1) is 0 Å². The summed E-state index contributed by atoms with van der Waals surface area (Å²) in [6.45, 7) is 2.07. The lowest BCUT2D eigenvalue weighted by molar-refractivity contribution is -0.0408. The predicted molar refractivity (Wildman–Crippen MR) is 115 cm³/mol. The third kappa shape index (κ3) is 2.09. The van der Waals surface area contributed by atoms with E-state index in [1.807, 2.05) is 18.2 Å². The quantitative estimate of drug-likeness (QED) is 0.351. The largest absolute Gasteiger partial charge is 0.444 e. The van der Waals surface area contributed by atoms with E-state index in [1.165, 1.54) is 21.5 Å². The summed E-state index contributed by atoms with van der Waals surface area (Å²) in [4.78, 5) is 0. The Kier molecular flexibility index (Phi) is 3.05. The van der Waals surface area contributed by atoms with Crippen LogP contribution < -0.4 is 9.47 Å². The predicted octanol–water partition coefficient (Wildman–Crippen LogP) is 6.59. The summed E-state index contributed by atoms with van der Waals surface area (Å²) in [7, 11) is 0. The van der Waals surface area contributed by atoms with Crippen LogP contribution in [0, 0.1) is 0 Å². The molecule has 1 atom stereocenters. The summed E-state index contributed by atoms with van der Waals surface area (Å²) in [5.41, 5.74) is 3.25. The molecule has 2 aliphatic heterocycles. The fourth-order valence-corrected chi connectivity index (χ4v) is 4.27. The van der Waals surface area contributed by atoms with Crippen LogP contribution in [0.2, 0.25) is 0 Å². The summed E-state index contributed by atoms with van der Waals surface area (Å²) >= 11 is 0. The summed E-state index contributed by atoms with van der Waals surface area (Å²) in [6, 6.07) is 25.0. The fraction of sp³-hybridized carbons (Fsp3) is 0.0769. The third-order valence-corrected chi connectivity index (χ3v) is 5.76. The monoisotopic (exact) mass is 362 g/mol. The van der Waals surface area contributed by atoms with Crippen molar-refractivity contribution in [1.29, 1.82) is 0 Å². The molecule has 4 aromatic rings. The maximum absolute atomic E-state index is 6.47. The maximum Gasteiger partial charge on any atom is 0.294 e. The Morgan fingerprint density at radius 2 is 1.21 bits per heavy atom. The van der Waals surface area contributed by atoms with Gasteiger partial charge in [0.25, 0.3) is 5.79 Å². The van der Waals surface area contributed by atoms with E-state index in [9.17, 15) is 0 Å². The molecule has 4 aromatic carbocycles. The fourth-order valence-electron chi connectivity index (χ4n) is 4.27. The molecule has 6 rings (SSSR count). The van der Waals surface area contributed by atoms with Gasteiger partial charge in [-0.2, -0.15) is 0 Å². The zero-order valence-corrected chi connectivity index (χ0v) is 15.5. The van der Waals surface area contributed by atoms with Gasteiger partial charge in [0.1, 0.15) is 11.5 Å². The molecule has 0 saturated carbocycles. The first kappa shape index (κ1) is 15.5. The molecule has 0 saturated heterocycles. The molecular formula is C26H18O2. The molecule has 0 fully saturated rings. The van der Waals surface area contributed by atoms with E-state index in [0.717, 1.165) is 28.2 Å². The van der Waals surface area contributed by atoms with Crippen molar-refractivity contribution in [3.05, 3.63) is 95.6 Å². The molecule has 0 amide bonds. The van der Waals surface area contributed by atoms with Crippen LogP contribution in [0.5, 0.6) is 11.5 Å². The van der Waals surface area contributed by atoms with Gasteiger partial charge in [-0.15, -0.1) is 0 Å². The van der Waals surface area contributed by atoms with Crippen molar-refractivity contribution in [2.75, 3.05) is 0 Å². The van der Waals surface area contributed by atoms with Crippen molar-refractivity contribution in [2.24, 2.45) is 0 Å². The standard InChI is InChI=1S/C26H18O2/c1-17-16-23-21-9-5-3-7-19(21)11-13-25(23)28-26(17)15-14-22-20-8-4-2-6-18(20)10-12-24(22)27-26/h2-16H,1H3/t26-/m0/s1. The van der Waals surface area contributed by atoms with Crippen LogP contribution in [-0.4, -0.2) is 5.79 Å². The van der Waals surface area contributed by atoms with Crippen molar-refractivity contribution in [2.45, 2.75) is 12.7 Å². The van der Waals surface area contributed by atoms with Crippen LogP contribution in [0.15, 0.2) is 84.4 Å². The highest BCUT2D eigenvalue weighted by Crippen LogP contribution is 2.45. The van der Waals surface area contributed by atoms with Gasteiger partial charge in [-0.25, -0.2) is 0 Å². The average Bonchev–Trinajstić information content (AvgIpc) is 2.74. The minimum atomic E-state index is -0.898. The molecule has 2 heteroatoms. The molecule has 2 heterocycles. The second-order valence-electron chi connectivity index (χ2n) is 7.43. The van der Waals surface area contributed by atoms with Crippen molar-refractivity contribution < 1.29 is 9.47 Å². The van der Waals surface area contributed by atoms with Crippen LogP contribution in [0.25, 0.3) is 33.7 Å². The molecule has 0 aromatic heterocycles. The molecule has 1 spiro atoms. The van der Waals surface area contributed by atoms with E-state index in [2.05, 4.69) is 79.7 Å². The van der Waals surface area contributed by atoms with Gasteiger partial charge in [-0.1, -0.05) is 60.7 Å². The van der Waals surface area contributed by atoms with Crippen molar-refractivity contribution in [3.8, 4) is 11.5 Å². The van der Waals surface area contributed by atoms with E-state index in [1.54, 1.807) is 0 Å². The molecule has 0 radical (unpaired) electrons. The molecule has 0 aliphatic carbocycles. The van der Waals surface area contributed by atoms with Gasteiger partial charge in [-0.3, -0.25) is 0 Å². The van der Waals surface area contributed by atoms with Gasteiger partial charge in [0.2, 0.25) is 0 Å². The average molecular weight is 362 g/mol. The van der Waals surface area contributed by atoms with Crippen LogP contribution in [0.3, 0.4) is 0 Å². The Labute approximate surface area is 163 Å². The first-order valence-corrected chi connectivity index (χ1v) is 9.53. The molecule has 2 aliphatic rings. The van der Waals surface area contributed by atoms with Gasteiger partial charge >= 0.3 is 0 Å². The molecule has 0 unspecified atom stereocenters. The number of benzene rings is 4. The lowest BCUT2D eigenvalue weighted by Crippen LogP contribution is -2.44. The Bertz CT molecular complexity index is 1330. The van der Waals surface area contributed by atoms with E-state index in [4.69, 9.17) is 9.47 Å². The number of ether oxygens (including phenoxy) is 2. The third-order valence-electron chi connectivity index (χ3n) is 5.76. The number of fused-ring (bicyclic) bond motifs is 6. The van der Waals surface area contributed by atoms with Crippen LogP contribution in [0.4, 0.5) is 0 Å². The lowest BCUT2D eigenvalue weighted by Gasteiger charge is -2.39. The van der Waals surface area contributed by atoms with Gasteiger partial charge in [-0.05, 0) is 52.8 Å². The van der Waals surface area contributed by atoms with Gasteiger partial charge < -0.3 is 9.47 Å². The highest BCUT2D eigenvalue weighted by Gasteiger charge is 2.40. The van der Waals surface area contributed by atoms with Crippen molar-refractivity contribution in [3.63, 3.8) is 0 Å². The summed E-state index contributed by atoms with van der Waals surface area (Å²) in [6.07, 6.45) is 6.35. The Balaban J connectivity index is 1.50. The first-order chi connectivity index (χ1) is 13.7. The minimum Gasteiger partial charge on any atom is -0.444 e. The molecule has 28 heavy (non-hydrogen) atoms. The van der Waals surface area contributed by atoms with E-state index >= 15 is 0 Å². The van der Waals surface area contributed by atoms with Crippen molar-refractivity contribution in [1.82, 2.24) is 0 Å². The van der Waals surface area contributed by atoms with E-state index in [0.29, 0.717) is 0 Å². The number of hydrogen-bond acceptors (Lipinski definition) is 2.